The van der Waals surface area contributed by atoms with Crippen LogP contribution in [0.5, 0.6) is 0 Å². The monoisotopic (exact) mass is 284 g/mol. The molecule has 1 aromatic carbocycles. The SMILES string of the molecule is CCN(CC)c1ccc(NC(=O)c2cnc(C)cn2)cc1. The molecular formula is C16H20N4O. The summed E-state index contributed by atoms with van der Waals surface area (Å²) in [5, 5.41) is 2.82. The molecule has 0 aliphatic heterocycles. The van der Waals surface area contributed by atoms with E-state index in [1.807, 2.05) is 31.2 Å². The maximum Gasteiger partial charge on any atom is 0.275 e. The normalized spacial score (nSPS) is 10.2. The molecule has 0 saturated heterocycles. The van der Waals surface area contributed by atoms with Gasteiger partial charge in [0.25, 0.3) is 5.91 Å². The van der Waals surface area contributed by atoms with Crippen LogP contribution in [0.1, 0.15) is 30.0 Å². The van der Waals surface area contributed by atoms with Crippen molar-refractivity contribution in [2.75, 3.05) is 23.3 Å². The third-order valence-electron chi connectivity index (χ3n) is 3.27. The first-order chi connectivity index (χ1) is 10.1. The lowest BCUT2D eigenvalue weighted by Crippen LogP contribution is -2.21. The first kappa shape index (κ1) is 15.0. The van der Waals surface area contributed by atoms with E-state index in [0.29, 0.717) is 5.69 Å². The Morgan fingerprint density at radius 3 is 2.29 bits per heavy atom. The fraction of sp³-hybridized carbons (Fsp3) is 0.312. The van der Waals surface area contributed by atoms with Gasteiger partial charge in [-0.05, 0) is 45.0 Å². The summed E-state index contributed by atoms with van der Waals surface area (Å²) in [6, 6.07) is 7.80. The molecule has 0 radical (unpaired) electrons. The predicted molar refractivity (Wildman–Crippen MR) is 84.7 cm³/mol. The van der Waals surface area contributed by atoms with Crippen molar-refractivity contribution in [2.24, 2.45) is 0 Å². The van der Waals surface area contributed by atoms with Crippen LogP contribution >= 0.6 is 0 Å². The summed E-state index contributed by atoms with van der Waals surface area (Å²) in [4.78, 5) is 22.4. The highest BCUT2D eigenvalue weighted by Gasteiger charge is 2.08. The second kappa shape index (κ2) is 6.83. The fourth-order valence-corrected chi connectivity index (χ4v) is 2.05. The minimum Gasteiger partial charge on any atom is -0.372 e. The molecule has 0 bridgehead atoms. The number of anilines is 2. The van der Waals surface area contributed by atoms with Crippen molar-refractivity contribution >= 4 is 17.3 Å². The van der Waals surface area contributed by atoms with Gasteiger partial charge in [-0.15, -0.1) is 0 Å². The Labute approximate surface area is 125 Å². The Morgan fingerprint density at radius 1 is 1.10 bits per heavy atom. The highest BCUT2D eigenvalue weighted by molar-refractivity contribution is 6.02. The van der Waals surface area contributed by atoms with Crippen LogP contribution in [0.2, 0.25) is 0 Å². The molecule has 2 rings (SSSR count). The van der Waals surface area contributed by atoms with Gasteiger partial charge in [0.15, 0.2) is 0 Å². The summed E-state index contributed by atoms with van der Waals surface area (Å²) < 4.78 is 0. The number of aromatic nitrogens is 2. The second-order valence-corrected chi connectivity index (χ2v) is 4.72. The number of carbonyl (C=O) groups excluding carboxylic acids is 1. The molecule has 1 N–H and O–H groups in total. The summed E-state index contributed by atoms with van der Waals surface area (Å²) in [7, 11) is 0. The first-order valence-corrected chi connectivity index (χ1v) is 7.09. The number of rotatable bonds is 5. The van der Waals surface area contributed by atoms with Crippen LogP contribution in [0.3, 0.4) is 0 Å². The number of hydrogen-bond acceptors (Lipinski definition) is 4. The number of hydrogen-bond donors (Lipinski definition) is 1. The highest BCUT2D eigenvalue weighted by Crippen LogP contribution is 2.18. The van der Waals surface area contributed by atoms with E-state index >= 15 is 0 Å². The lowest BCUT2D eigenvalue weighted by atomic mass is 10.2. The van der Waals surface area contributed by atoms with Gasteiger partial charge in [0.1, 0.15) is 5.69 Å². The number of benzene rings is 1. The van der Waals surface area contributed by atoms with Crippen LogP contribution in [0.15, 0.2) is 36.7 Å². The summed E-state index contributed by atoms with van der Waals surface area (Å²) in [5.74, 6) is -0.252. The minimum atomic E-state index is -0.252. The van der Waals surface area contributed by atoms with Gasteiger partial charge >= 0.3 is 0 Å². The summed E-state index contributed by atoms with van der Waals surface area (Å²) in [5.41, 5.74) is 3.00. The minimum absolute atomic E-state index is 0.252. The maximum atomic E-state index is 12.0. The average molecular weight is 284 g/mol. The van der Waals surface area contributed by atoms with E-state index in [1.54, 1.807) is 6.20 Å². The van der Waals surface area contributed by atoms with E-state index in [0.717, 1.165) is 30.2 Å². The molecule has 110 valence electrons. The molecular weight excluding hydrogens is 264 g/mol. The van der Waals surface area contributed by atoms with Gasteiger partial charge < -0.3 is 10.2 Å². The van der Waals surface area contributed by atoms with Crippen LogP contribution in [0, 0.1) is 6.92 Å². The van der Waals surface area contributed by atoms with E-state index in [-0.39, 0.29) is 5.91 Å². The summed E-state index contributed by atoms with van der Waals surface area (Å²) >= 11 is 0. The molecule has 0 saturated carbocycles. The quantitative estimate of drug-likeness (QED) is 0.917. The van der Waals surface area contributed by atoms with E-state index in [4.69, 9.17) is 0 Å². The maximum absolute atomic E-state index is 12.0. The predicted octanol–water partition coefficient (Wildman–Crippen LogP) is 2.88. The Morgan fingerprint density at radius 2 is 1.76 bits per heavy atom. The molecule has 0 atom stereocenters. The molecule has 5 heteroatoms. The van der Waals surface area contributed by atoms with E-state index < -0.39 is 0 Å². The molecule has 1 aromatic heterocycles. The molecule has 21 heavy (non-hydrogen) atoms. The first-order valence-electron chi connectivity index (χ1n) is 7.09. The van der Waals surface area contributed by atoms with E-state index in [9.17, 15) is 4.79 Å². The van der Waals surface area contributed by atoms with Crippen LogP contribution < -0.4 is 10.2 Å². The zero-order valence-electron chi connectivity index (χ0n) is 12.6. The van der Waals surface area contributed by atoms with Gasteiger partial charge in [0, 0.05) is 30.7 Å². The molecule has 5 nitrogen and oxygen atoms in total. The number of nitrogens with zero attached hydrogens (tertiary/aromatic N) is 3. The molecule has 0 unspecified atom stereocenters. The Hall–Kier alpha value is -2.43. The zero-order chi connectivity index (χ0) is 15.2. The van der Waals surface area contributed by atoms with E-state index in [1.165, 1.54) is 6.20 Å². The standard InChI is InChI=1S/C16H20N4O/c1-4-20(5-2)14-8-6-13(7-9-14)19-16(21)15-11-17-12(3)10-18-15/h6-11H,4-5H2,1-3H3,(H,19,21). The van der Waals surface area contributed by atoms with Crippen molar-refractivity contribution in [3.8, 4) is 0 Å². The third kappa shape index (κ3) is 3.78. The topological polar surface area (TPSA) is 58.1 Å². The van der Waals surface area contributed by atoms with Crippen molar-refractivity contribution in [1.29, 1.82) is 0 Å². The molecule has 1 heterocycles. The van der Waals surface area contributed by atoms with Crippen LogP contribution in [-0.4, -0.2) is 29.0 Å². The second-order valence-electron chi connectivity index (χ2n) is 4.72. The van der Waals surface area contributed by atoms with Crippen molar-refractivity contribution in [2.45, 2.75) is 20.8 Å². The highest BCUT2D eigenvalue weighted by atomic mass is 16.1. The third-order valence-corrected chi connectivity index (χ3v) is 3.27. The number of carbonyl (C=O) groups is 1. The van der Waals surface area contributed by atoms with Crippen molar-refractivity contribution in [1.82, 2.24) is 9.97 Å². The largest absolute Gasteiger partial charge is 0.372 e. The van der Waals surface area contributed by atoms with Crippen molar-refractivity contribution < 1.29 is 4.79 Å². The summed E-state index contributed by atoms with van der Waals surface area (Å²) in [6.07, 6.45) is 3.06. The number of aryl methyl sites for hydroxylation is 1. The Kier molecular flexibility index (Phi) is 4.87. The smallest absolute Gasteiger partial charge is 0.275 e. The van der Waals surface area contributed by atoms with Crippen molar-refractivity contribution in [3.63, 3.8) is 0 Å². The van der Waals surface area contributed by atoms with Gasteiger partial charge in [0.05, 0.1) is 11.9 Å². The van der Waals surface area contributed by atoms with Gasteiger partial charge in [-0.25, -0.2) is 4.98 Å². The van der Waals surface area contributed by atoms with Gasteiger partial charge in [0.2, 0.25) is 0 Å². The van der Waals surface area contributed by atoms with Crippen molar-refractivity contribution in [3.05, 3.63) is 48.0 Å². The molecule has 0 aliphatic carbocycles. The van der Waals surface area contributed by atoms with Gasteiger partial charge in [-0.2, -0.15) is 0 Å². The number of nitrogens with one attached hydrogen (secondary N) is 1. The molecule has 0 fully saturated rings. The summed E-state index contributed by atoms with van der Waals surface area (Å²) in [6.45, 7) is 7.99. The van der Waals surface area contributed by atoms with Gasteiger partial charge in [-0.1, -0.05) is 0 Å². The van der Waals surface area contributed by atoms with Gasteiger partial charge in [-0.3, -0.25) is 9.78 Å². The molecule has 1 amide bonds. The lowest BCUT2D eigenvalue weighted by molar-refractivity contribution is 0.102. The van der Waals surface area contributed by atoms with E-state index in [2.05, 4.69) is 34.0 Å². The molecule has 0 aliphatic rings. The average Bonchev–Trinajstić information content (AvgIpc) is 2.51. The van der Waals surface area contributed by atoms with Crippen LogP contribution in [-0.2, 0) is 0 Å². The zero-order valence-corrected chi connectivity index (χ0v) is 12.6. The Balaban J connectivity index is 2.06. The Bertz CT molecular complexity index is 589. The van der Waals surface area contributed by atoms with Crippen LogP contribution in [0.25, 0.3) is 0 Å². The fourth-order valence-electron chi connectivity index (χ4n) is 2.05. The molecule has 2 aromatic rings. The molecule has 0 spiro atoms. The number of amides is 1. The lowest BCUT2D eigenvalue weighted by Gasteiger charge is -2.21. The van der Waals surface area contributed by atoms with Crippen LogP contribution in [0.4, 0.5) is 11.4 Å².